The molecule has 1 aromatic heterocycles. The standard InChI is InChI=1S/C27H38N4O7S/c1-4-5-14-39(37,38)17-23(31-26(35)21-12-9-13-28-16-21)27(36)30-22(15-20-10-7-6-8-11-20)25(34)24(33)18(2)29-19(3)32/h6-13,16,18,22-25,33-34H,4-5,14-15,17H2,1-3H3,(H,29,32)(H,30,36)(H,31,35)/t18-,22+,23-,24-,25-/m1/s1. The fourth-order valence-corrected chi connectivity index (χ4v) is 5.61. The Morgan fingerprint density at radius 3 is 2.26 bits per heavy atom. The van der Waals surface area contributed by atoms with E-state index in [0.29, 0.717) is 12.8 Å². The third-order valence-corrected chi connectivity index (χ3v) is 7.86. The molecule has 11 nitrogen and oxygen atoms in total. The first kappa shape index (κ1) is 31.9. The number of hydrogen-bond acceptors (Lipinski definition) is 8. The second-order valence-corrected chi connectivity index (χ2v) is 11.7. The molecule has 3 amide bonds. The van der Waals surface area contributed by atoms with Crippen LogP contribution in [-0.4, -0.2) is 83.2 Å². The molecule has 5 atom stereocenters. The van der Waals surface area contributed by atoms with Crippen LogP contribution in [0.5, 0.6) is 0 Å². The minimum absolute atomic E-state index is 0.0868. The Balaban J connectivity index is 2.34. The zero-order valence-corrected chi connectivity index (χ0v) is 23.2. The minimum Gasteiger partial charge on any atom is -0.388 e. The fourth-order valence-electron chi connectivity index (χ4n) is 3.97. The van der Waals surface area contributed by atoms with E-state index in [9.17, 15) is 33.0 Å². The van der Waals surface area contributed by atoms with Crippen LogP contribution >= 0.6 is 0 Å². The molecule has 0 bridgehead atoms. The largest absolute Gasteiger partial charge is 0.388 e. The molecular weight excluding hydrogens is 524 g/mol. The summed E-state index contributed by atoms with van der Waals surface area (Å²) in [4.78, 5) is 41.6. The van der Waals surface area contributed by atoms with Crippen LogP contribution in [0.15, 0.2) is 54.9 Å². The van der Waals surface area contributed by atoms with Crippen LogP contribution in [0.4, 0.5) is 0 Å². The van der Waals surface area contributed by atoms with Crippen molar-refractivity contribution in [3.63, 3.8) is 0 Å². The summed E-state index contributed by atoms with van der Waals surface area (Å²) in [6, 6.07) is 8.49. The first-order valence-corrected chi connectivity index (χ1v) is 14.6. The summed E-state index contributed by atoms with van der Waals surface area (Å²) in [5.74, 6) is -2.74. The summed E-state index contributed by atoms with van der Waals surface area (Å²) >= 11 is 0. The predicted molar refractivity (Wildman–Crippen MR) is 146 cm³/mol. The molecule has 2 aromatic rings. The molecule has 0 aliphatic rings. The zero-order chi connectivity index (χ0) is 29.0. The van der Waals surface area contributed by atoms with Gasteiger partial charge >= 0.3 is 0 Å². The van der Waals surface area contributed by atoms with Crippen LogP contribution < -0.4 is 16.0 Å². The maximum Gasteiger partial charge on any atom is 0.253 e. The summed E-state index contributed by atoms with van der Waals surface area (Å²) in [6.45, 7) is 4.62. The number of aromatic nitrogens is 1. The van der Waals surface area contributed by atoms with Crippen LogP contribution in [0.25, 0.3) is 0 Å². The molecule has 0 aliphatic carbocycles. The average Bonchev–Trinajstić information content (AvgIpc) is 2.90. The smallest absolute Gasteiger partial charge is 0.253 e. The summed E-state index contributed by atoms with van der Waals surface area (Å²) in [5, 5.41) is 29.4. The molecule has 5 N–H and O–H groups in total. The number of sulfone groups is 1. The topological polar surface area (TPSA) is 175 Å². The van der Waals surface area contributed by atoms with Crippen molar-refractivity contribution in [3.8, 4) is 0 Å². The molecular formula is C27H38N4O7S. The van der Waals surface area contributed by atoms with Crippen molar-refractivity contribution in [2.75, 3.05) is 11.5 Å². The fraction of sp³-hybridized carbons (Fsp3) is 0.481. The molecule has 1 aromatic carbocycles. The van der Waals surface area contributed by atoms with Crippen molar-refractivity contribution >= 4 is 27.6 Å². The lowest BCUT2D eigenvalue weighted by molar-refractivity contribution is -0.126. The van der Waals surface area contributed by atoms with Crippen molar-refractivity contribution in [2.45, 2.75) is 70.4 Å². The van der Waals surface area contributed by atoms with Gasteiger partial charge in [0.05, 0.1) is 29.2 Å². The van der Waals surface area contributed by atoms with Crippen LogP contribution in [0.2, 0.25) is 0 Å². The van der Waals surface area contributed by atoms with E-state index in [2.05, 4.69) is 20.9 Å². The van der Waals surface area contributed by atoms with E-state index < -0.39 is 63.6 Å². The molecule has 0 fully saturated rings. The second kappa shape index (κ2) is 15.3. The lowest BCUT2D eigenvalue weighted by Crippen LogP contribution is -2.59. The molecule has 2 rings (SSSR count). The Bertz CT molecular complexity index is 1180. The number of amides is 3. The third kappa shape index (κ3) is 10.7. The number of nitrogens with zero attached hydrogens (tertiary/aromatic N) is 1. The van der Waals surface area contributed by atoms with Crippen molar-refractivity contribution < 1.29 is 33.0 Å². The van der Waals surface area contributed by atoms with Gasteiger partial charge in [-0.25, -0.2) is 8.42 Å². The Hall–Kier alpha value is -3.35. The van der Waals surface area contributed by atoms with E-state index in [-0.39, 0.29) is 17.7 Å². The Kier molecular flexibility index (Phi) is 12.5. The summed E-state index contributed by atoms with van der Waals surface area (Å²) < 4.78 is 25.5. The average molecular weight is 563 g/mol. The third-order valence-electron chi connectivity index (χ3n) is 6.11. The Morgan fingerprint density at radius 2 is 1.67 bits per heavy atom. The molecule has 214 valence electrons. The number of pyridine rings is 1. The van der Waals surface area contributed by atoms with Gasteiger partial charge in [0.25, 0.3) is 5.91 Å². The zero-order valence-electron chi connectivity index (χ0n) is 22.4. The first-order chi connectivity index (χ1) is 18.4. The molecule has 0 radical (unpaired) electrons. The number of aliphatic hydroxyl groups is 2. The molecule has 1 heterocycles. The number of carbonyl (C=O) groups excluding carboxylic acids is 3. The molecule has 0 spiro atoms. The van der Waals surface area contributed by atoms with E-state index in [1.165, 1.54) is 38.4 Å². The van der Waals surface area contributed by atoms with Crippen LogP contribution in [0.1, 0.15) is 49.5 Å². The lowest BCUT2D eigenvalue weighted by Gasteiger charge is -2.32. The van der Waals surface area contributed by atoms with Crippen LogP contribution in [0.3, 0.4) is 0 Å². The summed E-state index contributed by atoms with van der Waals surface area (Å²) in [5.41, 5.74) is 0.870. The SMILES string of the molecule is CCCCS(=O)(=O)C[C@@H](NC(=O)c1cccnc1)C(=O)N[C@@H](Cc1ccccc1)[C@@H](O)[C@H](O)[C@@H](C)NC(C)=O. The normalized spacial score (nSPS) is 15.3. The monoisotopic (exact) mass is 562 g/mol. The van der Waals surface area contributed by atoms with Gasteiger partial charge in [0.15, 0.2) is 9.84 Å². The highest BCUT2D eigenvalue weighted by atomic mass is 32.2. The van der Waals surface area contributed by atoms with Crippen molar-refractivity contribution in [1.82, 2.24) is 20.9 Å². The van der Waals surface area contributed by atoms with E-state index in [1.807, 2.05) is 6.92 Å². The molecule has 0 saturated heterocycles. The van der Waals surface area contributed by atoms with Gasteiger partial charge in [0.2, 0.25) is 11.8 Å². The molecule has 0 saturated carbocycles. The summed E-state index contributed by atoms with van der Waals surface area (Å²) in [6.07, 6.45) is 0.881. The number of aliphatic hydroxyl groups excluding tert-OH is 2. The van der Waals surface area contributed by atoms with Crippen molar-refractivity contribution in [3.05, 3.63) is 66.0 Å². The van der Waals surface area contributed by atoms with Crippen LogP contribution in [0, 0.1) is 0 Å². The number of nitrogens with one attached hydrogen (secondary N) is 3. The van der Waals surface area contributed by atoms with Gasteiger partial charge in [0.1, 0.15) is 18.2 Å². The van der Waals surface area contributed by atoms with E-state index in [0.717, 1.165) is 5.56 Å². The highest BCUT2D eigenvalue weighted by Gasteiger charge is 2.35. The van der Waals surface area contributed by atoms with Gasteiger partial charge in [-0.2, -0.15) is 0 Å². The van der Waals surface area contributed by atoms with Gasteiger partial charge in [-0.05, 0) is 37.5 Å². The van der Waals surface area contributed by atoms with Gasteiger partial charge < -0.3 is 26.2 Å². The number of unbranched alkanes of at least 4 members (excludes halogenated alkanes) is 1. The highest BCUT2D eigenvalue weighted by molar-refractivity contribution is 7.91. The van der Waals surface area contributed by atoms with Gasteiger partial charge in [-0.3, -0.25) is 19.4 Å². The highest BCUT2D eigenvalue weighted by Crippen LogP contribution is 2.13. The van der Waals surface area contributed by atoms with Gasteiger partial charge in [0, 0.05) is 19.3 Å². The van der Waals surface area contributed by atoms with E-state index in [4.69, 9.17) is 0 Å². The second-order valence-electron chi connectivity index (χ2n) is 9.51. The Morgan fingerprint density at radius 1 is 0.974 bits per heavy atom. The number of carbonyl (C=O) groups is 3. The maximum absolute atomic E-state index is 13.5. The quantitative estimate of drug-likeness (QED) is 0.207. The number of hydrogen-bond donors (Lipinski definition) is 5. The van der Waals surface area contributed by atoms with Gasteiger partial charge in [-0.15, -0.1) is 0 Å². The Labute approximate surface area is 229 Å². The molecule has 39 heavy (non-hydrogen) atoms. The number of benzene rings is 1. The van der Waals surface area contributed by atoms with E-state index in [1.54, 1.807) is 30.3 Å². The van der Waals surface area contributed by atoms with Crippen molar-refractivity contribution in [2.24, 2.45) is 0 Å². The molecule has 12 heteroatoms. The van der Waals surface area contributed by atoms with Gasteiger partial charge in [-0.1, -0.05) is 43.7 Å². The minimum atomic E-state index is -3.72. The number of rotatable bonds is 15. The predicted octanol–water partition coefficient (Wildman–Crippen LogP) is 0.369. The van der Waals surface area contributed by atoms with E-state index >= 15 is 0 Å². The first-order valence-electron chi connectivity index (χ1n) is 12.8. The molecule has 0 aliphatic heterocycles. The molecule has 0 unspecified atom stereocenters. The van der Waals surface area contributed by atoms with Crippen LogP contribution in [-0.2, 0) is 25.8 Å². The maximum atomic E-state index is 13.5. The summed E-state index contributed by atoms with van der Waals surface area (Å²) in [7, 11) is -3.72. The lowest BCUT2D eigenvalue weighted by atomic mass is 9.94. The van der Waals surface area contributed by atoms with Crippen molar-refractivity contribution in [1.29, 1.82) is 0 Å².